The van der Waals surface area contributed by atoms with Crippen LogP contribution in [0.1, 0.15) is 24.0 Å². The summed E-state index contributed by atoms with van der Waals surface area (Å²) in [4.78, 5) is 0. The molecule has 1 aromatic rings. The topological polar surface area (TPSA) is 40.5 Å². The number of aliphatic hydroxyl groups excluding tert-OH is 1. The molecule has 2 nitrogen and oxygen atoms in total. The first-order valence-electron chi connectivity index (χ1n) is 4.61. The molecule has 0 radical (unpaired) electrons. The van der Waals surface area contributed by atoms with Gasteiger partial charge in [-0.25, -0.2) is 0 Å². The van der Waals surface area contributed by atoms with E-state index in [1.165, 1.54) is 11.1 Å². The van der Waals surface area contributed by atoms with E-state index in [1.54, 1.807) is 0 Å². The van der Waals surface area contributed by atoms with E-state index in [9.17, 15) is 0 Å². The molecule has 13 heavy (non-hydrogen) atoms. The minimum atomic E-state index is -1.16. The fourth-order valence-corrected chi connectivity index (χ4v) is 1.37. The third kappa shape index (κ3) is 3.57. The zero-order chi connectivity index (χ0) is 9.68. The van der Waals surface area contributed by atoms with Gasteiger partial charge in [0.25, 0.3) is 0 Å². The molecule has 0 aliphatic heterocycles. The molecule has 72 valence electrons. The quantitative estimate of drug-likeness (QED) is 0.691. The molecule has 1 rings (SSSR count). The van der Waals surface area contributed by atoms with E-state index in [2.05, 4.69) is 19.1 Å². The van der Waals surface area contributed by atoms with E-state index in [4.69, 9.17) is 10.2 Å². The fourth-order valence-electron chi connectivity index (χ4n) is 1.37. The van der Waals surface area contributed by atoms with Crippen LogP contribution in [0.5, 0.6) is 0 Å². The standard InChI is InChI=1S/C11H16O2/c1-9-5-2-3-6-10(9)7-4-8-11(12)13/h2-3,5-6,11-13H,4,7-8H2,1H3. The average molecular weight is 180 g/mol. The van der Waals surface area contributed by atoms with Gasteiger partial charge in [-0.15, -0.1) is 0 Å². The predicted molar refractivity (Wildman–Crippen MR) is 52.3 cm³/mol. The van der Waals surface area contributed by atoms with Crippen molar-refractivity contribution in [1.29, 1.82) is 0 Å². The van der Waals surface area contributed by atoms with Crippen LogP contribution >= 0.6 is 0 Å². The summed E-state index contributed by atoms with van der Waals surface area (Å²) in [5.41, 5.74) is 2.57. The van der Waals surface area contributed by atoms with E-state index >= 15 is 0 Å². The normalized spacial score (nSPS) is 10.8. The van der Waals surface area contributed by atoms with Gasteiger partial charge in [-0.1, -0.05) is 24.3 Å². The summed E-state index contributed by atoms with van der Waals surface area (Å²) < 4.78 is 0. The lowest BCUT2D eigenvalue weighted by Gasteiger charge is -2.05. The molecule has 0 heterocycles. The fraction of sp³-hybridized carbons (Fsp3) is 0.455. The maximum atomic E-state index is 8.66. The molecule has 2 heteroatoms. The Bertz CT molecular complexity index is 256. The van der Waals surface area contributed by atoms with Gasteiger partial charge in [0.1, 0.15) is 0 Å². The van der Waals surface area contributed by atoms with Crippen LogP contribution in [0.4, 0.5) is 0 Å². The second-order valence-electron chi connectivity index (χ2n) is 3.30. The van der Waals surface area contributed by atoms with Crippen molar-refractivity contribution in [3.63, 3.8) is 0 Å². The predicted octanol–water partition coefficient (Wildman–Crippen LogP) is 1.63. The Kier molecular flexibility index (Phi) is 3.93. The van der Waals surface area contributed by atoms with E-state index in [1.807, 2.05) is 12.1 Å². The van der Waals surface area contributed by atoms with Crippen LogP contribution in [-0.4, -0.2) is 16.5 Å². The summed E-state index contributed by atoms with van der Waals surface area (Å²) >= 11 is 0. The number of aryl methyl sites for hydroxylation is 2. The minimum Gasteiger partial charge on any atom is -0.368 e. The third-order valence-electron chi connectivity index (χ3n) is 2.17. The van der Waals surface area contributed by atoms with Crippen molar-refractivity contribution in [2.75, 3.05) is 0 Å². The van der Waals surface area contributed by atoms with Crippen LogP contribution < -0.4 is 0 Å². The first kappa shape index (κ1) is 10.2. The zero-order valence-electron chi connectivity index (χ0n) is 7.90. The van der Waals surface area contributed by atoms with Crippen LogP contribution in [0.25, 0.3) is 0 Å². The molecular formula is C11H16O2. The Labute approximate surface area is 78.8 Å². The Balaban J connectivity index is 2.41. The molecule has 0 amide bonds. The van der Waals surface area contributed by atoms with Crippen molar-refractivity contribution in [2.24, 2.45) is 0 Å². The molecule has 0 aromatic heterocycles. The Morgan fingerprint density at radius 3 is 2.54 bits per heavy atom. The zero-order valence-corrected chi connectivity index (χ0v) is 7.90. The number of hydrogen-bond acceptors (Lipinski definition) is 2. The van der Waals surface area contributed by atoms with E-state index in [0.717, 1.165) is 12.8 Å². The highest BCUT2D eigenvalue weighted by Gasteiger charge is 1.99. The Morgan fingerprint density at radius 1 is 1.23 bits per heavy atom. The van der Waals surface area contributed by atoms with E-state index < -0.39 is 6.29 Å². The SMILES string of the molecule is Cc1ccccc1CCCC(O)O. The Hall–Kier alpha value is -0.860. The average Bonchev–Trinajstić information content (AvgIpc) is 2.08. The highest BCUT2D eigenvalue weighted by molar-refractivity contribution is 5.25. The highest BCUT2D eigenvalue weighted by Crippen LogP contribution is 2.10. The molecular weight excluding hydrogens is 164 g/mol. The Morgan fingerprint density at radius 2 is 1.92 bits per heavy atom. The summed E-state index contributed by atoms with van der Waals surface area (Å²) in [6.07, 6.45) is 1.03. The molecule has 0 fully saturated rings. The van der Waals surface area contributed by atoms with Crippen molar-refractivity contribution >= 4 is 0 Å². The van der Waals surface area contributed by atoms with Crippen molar-refractivity contribution < 1.29 is 10.2 Å². The van der Waals surface area contributed by atoms with Crippen LogP contribution in [0.15, 0.2) is 24.3 Å². The van der Waals surface area contributed by atoms with Crippen molar-refractivity contribution in [3.05, 3.63) is 35.4 Å². The molecule has 0 bridgehead atoms. The maximum Gasteiger partial charge on any atom is 0.151 e. The van der Waals surface area contributed by atoms with Gasteiger partial charge in [-0.05, 0) is 37.3 Å². The number of rotatable bonds is 4. The van der Waals surface area contributed by atoms with Gasteiger partial charge < -0.3 is 10.2 Å². The number of benzene rings is 1. The lowest BCUT2D eigenvalue weighted by Crippen LogP contribution is -2.04. The summed E-state index contributed by atoms with van der Waals surface area (Å²) in [5.74, 6) is 0. The third-order valence-corrected chi connectivity index (χ3v) is 2.17. The van der Waals surface area contributed by atoms with Gasteiger partial charge in [0.05, 0.1) is 0 Å². The maximum absolute atomic E-state index is 8.66. The lowest BCUT2D eigenvalue weighted by molar-refractivity contribution is -0.0461. The van der Waals surface area contributed by atoms with Crippen molar-refractivity contribution in [1.82, 2.24) is 0 Å². The van der Waals surface area contributed by atoms with E-state index in [-0.39, 0.29) is 0 Å². The second kappa shape index (κ2) is 5.00. The van der Waals surface area contributed by atoms with Gasteiger partial charge in [0.2, 0.25) is 0 Å². The largest absolute Gasteiger partial charge is 0.368 e. The summed E-state index contributed by atoms with van der Waals surface area (Å²) in [6.45, 7) is 2.07. The molecule has 2 N–H and O–H groups in total. The molecule has 0 saturated carbocycles. The summed E-state index contributed by atoms with van der Waals surface area (Å²) in [6, 6.07) is 8.18. The van der Waals surface area contributed by atoms with Crippen LogP contribution in [0.2, 0.25) is 0 Å². The van der Waals surface area contributed by atoms with Gasteiger partial charge in [-0.2, -0.15) is 0 Å². The second-order valence-corrected chi connectivity index (χ2v) is 3.30. The van der Waals surface area contributed by atoms with Crippen molar-refractivity contribution in [3.8, 4) is 0 Å². The summed E-state index contributed by atoms with van der Waals surface area (Å²) in [7, 11) is 0. The van der Waals surface area contributed by atoms with E-state index in [0.29, 0.717) is 6.42 Å². The minimum absolute atomic E-state index is 0.453. The molecule has 0 saturated heterocycles. The lowest BCUT2D eigenvalue weighted by atomic mass is 10.0. The van der Waals surface area contributed by atoms with Crippen LogP contribution in [0, 0.1) is 6.92 Å². The highest BCUT2D eigenvalue weighted by atomic mass is 16.5. The molecule has 0 spiro atoms. The van der Waals surface area contributed by atoms with Crippen molar-refractivity contribution in [2.45, 2.75) is 32.5 Å². The number of aliphatic hydroxyl groups is 2. The molecule has 1 aromatic carbocycles. The van der Waals surface area contributed by atoms with Gasteiger partial charge in [0.15, 0.2) is 6.29 Å². The first-order chi connectivity index (χ1) is 6.20. The number of hydrogen-bond donors (Lipinski definition) is 2. The van der Waals surface area contributed by atoms with Gasteiger partial charge in [0, 0.05) is 0 Å². The molecule has 0 unspecified atom stereocenters. The first-order valence-corrected chi connectivity index (χ1v) is 4.61. The van der Waals surface area contributed by atoms with Gasteiger partial charge >= 0.3 is 0 Å². The van der Waals surface area contributed by atoms with Crippen LogP contribution in [-0.2, 0) is 6.42 Å². The van der Waals surface area contributed by atoms with Gasteiger partial charge in [-0.3, -0.25) is 0 Å². The summed E-state index contributed by atoms with van der Waals surface area (Å²) in [5, 5.41) is 17.3. The monoisotopic (exact) mass is 180 g/mol. The molecule has 0 aliphatic carbocycles. The molecule has 0 atom stereocenters. The smallest absolute Gasteiger partial charge is 0.151 e. The van der Waals surface area contributed by atoms with Crippen LogP contribution in [0.3, 0.4) is 0 Å². The molecule has 0 aliphatic rings.